The molecule has 1 amide bonds. The van der Waals surface area contributed by atoms with Gasteiger partial charge in [-0.25, -0.2) is 0 Å². The first-order valence-electron chi connectivity index (χ1n) is 7.95. The molecule has 0 radical (unpaired) electrons. The highest BCUT2D eigenvalue weighted by Crippen LogP contribution is 2.45. The van der Waals surface area contributed by atoms with E-state index in [9.17, 15) is 4.79 Å². The van der Waals surface area contributed by atoms with Gasteiger partial charge >= 0.3 is 0 Å². The van der Waals surface area contributed by atoms with Crippen LogP contribution in [-0.2, 0) is 0 Å². The number of amides is 1. The maximum atomic E-state index is 12.2. The molecule has 2 heteroatoms. The van der Waals surface area contributed by atoms with Gasteiger partial charge in [-0.3, -0.25) is 4.79 Å². The van der Waals surface area contributed by atoms with E-state index in [-0.39, 0.29) is 5.91 Å². The van der Waals surface area contributed by atoms with Crippen molar-refractivity contribution in [1.29, 1.82) is 0 Å². The van der Waals surface area contributed by atoms with Crippen LogP contribution in [0.25, 0.3) is 0 Å². The molecule has 0 heterocycles. The van der Waals surface area contributed by atoms with Crippen LogP contribution in [0.3, 0.4) is 0 Å². The van der Waals surface area contributed by atoms with Crippen molar-refractivity contribution >= 4 is 5.91 Å². The van der Waals surface area contributed by atoms with Crippen LogP contribution in [0, 0.1) is 11.3 Å². The number of hydrogen-bond acceptors (Lipinski definition) is 1. The van der Waals surface area contributed by atoms with Crippen LogP contribution in [0.1, 0.15) is 63.2 Å². The first-order valence-corrected chi connectivity index (χ1v) is 7.95. The number of carbonyl (C=O) groups excluding carboxylic acids is 1. The molecule has 2 nitrogen and oxygen atoms in total. The summed E-state index contributed by atoms with van der Waals surface area (Å²) in [4.78, 5) is 12.2. The van der Waals surface area contributed by atoms with Crippen LogP contribution in [0.15, 0.2) is 30.3 Å². The molecule has 1 aromatic carbocycles. The lowest BCUT2D eigenvalue weighted by molar-refractivity contribution is 0.0729. The third-order valence-electron chi connectivity index (χ3n) is 5.29. The zero-order chi connectivity index (χ0) is 14.6. The summed E-state index contributed by atoms with van der Waals surface area (Å²) < 4.78 is 0. The van der Waals surface area contributed by atoms with Gasteiger partial charge < -0.3 is 5.32 Å². The van der Waals surface area contributed by atoms with Crippen molar-refractivity contribution in [3.8, 4) is 0 Å². The van der Waals surface area contributed by atoms with E-state index >= 15 is 0 Å². The van der Waals surface area contributed by atoms with Gasteiger partial charge in [-0.15, -0.1) is 0 Å². The fraction of sp³-hybridized carbons (Fsp3) is 0.611. The topological polar surface area (TPSA) is 29.1 Å². The molecule has 1 aliphatic carbocycles. The maximum Gasteiger partial charge on any atom is 0.251 e. The lowest BCUT2D eigenvalue weighted by Crippen LogP contribution is -2.44. The van der Waals surface area contributed by atoms with Crippen molar-refractivity contribution in [1.82, 2.24) is 5.32 Å². The molecule has 20 heavy (non-hydrogen) atoms. The molecule has 1 aromatic rings. The van der Waals surface area contributed by atoms with Gasteiger partial charge in [0.15, 0.2) is 0 Å². The smallest absolute Gasteiger partial charge is 0.251 e. The lowest BCUT2D eigenvalue weighted by Gasteiger charge is -2.44. The minimum Gasteiger partial charge on any atom is -0.349 e. The first-order chi connectivity index (χ1) is 9.59. The van der Waals surface area contributed by atoms with Gasteiger partial charge in [-0.1, -0.05) is 51.8 Å². The number of carbonyl (C=O) groups is 1. The number of benzene rings is 1. The summed E-state index contributed by atoms with van der Waals surface area (Å²) in [7, 11) is 0. The van der Waals surface area contributed by atoms with Gasteiger partial charge in [-0.05, 0) is 42.7 Å². The number of hydrogen-bond donors (Lipinski definition) is 1. The molecule has 0 unspecified atom stereocenters. The molecule has 1 N–H and O–H groups in total. The van der Waals surface area contributed by atoms with E-state index in [0.717, 1.165) is 24.3 Å². The molecule has 1 aliphatic rings. The summed E-state index contributed by atoms with van der Waals surface area (Å²) in [6.07, 6.45) is 5.91. The van der Waals surface area contributed by atoms with E-state index in [1.54, 1.807) is 0 Å². The number of rotatable bonds is 4. The molecule has 0 aliphatic heterocycles. The van der Waals surface area contributed by atoms with Crippen molar-refractivity contribution in [2.75, 3.05) is 0 Å². The predicted octanol–water partition coefficient (Wildman–Crippen LogP) is 4.41. The molecule has 0 saturated heterocycles. The van der Waals surface area contributed by atoms with Crippen molar-refractivity contribution in [3.05, 3.63) is 35.9 Å². The van der Waals surface area contributed by atoms with Gasteiger partial charge in [0.1, 0.15) is 0 Å². The van der Waals surface area contributed by atoms with Crippen LogP contribution in [0.2, 0.25) is 0 Å². The van der Waals surface area contributed by atoms with Gasteiger partial charge in [0.05, 0.1) is 0 Å². The molecule has 110 valence electrons. The second kappa shape index (κ2) is 6.43. The van der Waals surface area contributed by atoms with Crippen LogP contribution in [0.5, 0.6) is 0 Å². The molecule has 1 fully saturated rings. The van der Waals surface area contributed by atoms with E-state index in [0.29, 0.717) is 11.5 Å². The van der Waals surface area contributed by atoms with Crippen molar-refractivity contribution in [2.24, 2.45) is 11.3 Å². The summed E-state index contributed by atoms with van der Waals surface area (Å²) in [6.45, 7) is 6.99. The standard InChI is InChI=1S/C18H27NO/c1-4-15-13-16(11-12-18(15,3)5-2)19-17(20)14-9-7-6-8-10-14/h6-10,15-16H,4-5,11-13H2,1-3H3,(H,19,20)/t15-,16+,18+/m1/s1. The molecule has 2 rings (SSSR count). The van der Waals surface area contributed by atoms with Gasteiger partial charge in [0.25, 0.3) is 5.91 Å². The second-order valence-corrected chi connectivity index (χ2v) is 6.42. The third kappa shape index (κ3) is 3.23. The Kier molecular flexibility index (Phi) is 4.85. The van der Waals surface area contributed by atoms with Crippen LogP contribution < -0.4 is 5.32 Å². The molecular formula is C18H27NO. The summed E-state index contributed by atoms with van der Waals surface area (Å²) >= 11 is 0. The third-order valence-corrected chi connectivity index (χ3v) is 5.29. The zero-order valence-electron chi connectivity index (χ0n) is 13.0. The number of nitrogens with one attached hydrogen (secondary N) is 1. The SMILES string of the molecule is CC[C@@H]1C[C@@H](NC(=O)c2ccccc2)CC[C@]1(C)CC. The van der Waals surface area contributed by atoms with E-state index in [2.05, 4.69) is 26.1 Å². The maximum absolute atomic E-state index is 12.2. The Bertz CT molecular complexity index is 442. The van der Waals surface area contributed by atoms with Gasteiger partial charge in [0.2, 0.25) is 0 Å². The van der Waals surface area contributed by atoms with Crippen molar-refractivity contribution in [3.63, 3.8) is 0 Å². The Morgan fingerprint density at radius 3 is 2.60 bits per heavy atom. The zero-order valence-corrected chi connectivity index (χ0v) is 13.0. The van der Waals surface area contributed by atoms with Crippen molar-refractivity contribution in [2.45, 2.75) is 58.9 Å². The highest BCUT2D eigenvalue weighted by molar-refractivity contribution is 5.94. The van der Waals surface area contributed by atoms with E-state index in [1.807, 2.05) is 30.3 Å². The largest absolute Gasteiger partial charge is 0.349 e. The van der Waals surface area contributed by atoms with E-state index < -0.39 is 0 Å². The highest BCUT2D eigenvalue weighted by Gasteiger charge is 2.37. The molecule has 3 atom stereocenters. The Morgan fingerprint density at radius 2 is 2.00 bits per heavy atom. The lowest BCUT2D eigenvalue weighted by atomic mass is 9.64. The quantitative estimate of drug-likeness (QED) is 0.865. The second-order valence-electron chi connectivity index (χ2n) is 6.42. The molecule has 0 spiro atoms. The van der Waals surface area contributed by atoms with Crippen LogP contribution in [0.4, 0.5) is 0 Å². The Hall–Kier alpha value is -1.31. The molecule has 0 bridgehead atoms. The fourth-order valence-corrected chi connectivity index (χ4v) is 3.57. The minimum absolute atomic E-state index is 0.0746. The Labute approximate surface area is 123 Å². The summed E-state index contributed by atoms with van der Waals surface area (Å²) in [6, 6.07) is 9.87. The molecule has 1 saturated carbocycles. The normalized spacial score (nSPS) is 29.9. The summed E-state index contributed by atoms with van der Waals surface area (Å²) in [5, 5.41) is 3.22. The van der Waals surface area contributed by atoms with E-state index in [1.165, 1.54) is 19.3 Å². The van der Waals surface area contributed by atoms with Gasteiger partial charge in [-0.2, -0.15) is 0 Å². The predicted molar refractivity (Wildman–Crippen MR) is 83.7 cm³/mol. The van der Waals surface area contributed by atoms with E-state index in [4.69, 9.17) is 0 Å². The summed E-state index contributed by atoms with van der Waals surface area (Å²) in [5.41, 5.74) is 1.23. The monoisotopic (exact) mass is 273 g/mol. The Balaban J connectivity index is 1.97. The highest BCUT2D eigenvalue weighted by atomic mass is 16.1. The first kappa shape index (κ1) is 15.1. The van der Waals surface area contributed by atoms with Crippen molar-refractivity contribution < 1.29 is 4.79 Å². The minimum atomic E-state index is 0.0746. The van der Waals surface area contributed by atoms with Gasteiger partial charge in [0, 0.05) is 11.6 Å². The van der Waals surface area contributed by atoms with Crippen LogP contribution >= 0.6 is 0 Å². The fourth-order valence-electron chi connectivity index (χ4n) is 3.57. The molecular weight excluding hydrogens is 246 g/mol. The average molecular weight is 273 g/mol. The molecule has 0 aromatic heterocycles. The van der Waals surface area contributed by atoms with Crippen LogP contribution in [-0.4, -0.2) is 11.9 Å². The Morgan fingerprint density at radius 1 is 1.30 bits per heavy atom. The summed E-state index contributed by atoms with van der Waals surface area (Å²) in [5.74, 6) is 0.799. The average Bonchev–Trinajstić information content (AvgIpc) is 2.50.